The molecule has 0 saturated heterocycles. The summed E-state index contributed by atoms with van der Waals surface area (Å²) in [5.41, 5.74) is 5.34. The van der Waals surface area contributed by atoms with Crippen LogP contribution in [0.25, 0.3) is 0 Å². The van der Waals surface area contributed by atoms with Crippen LogP contribution in [0.4, 0.5) is 0 Å². The van der Waals surface area contributed by atoms with E-state index < -0.39 is 38.6 Å². The Kier molecular flexibility index (Phi) is 34.2. The summed E-state index contributed by atoms with van der Waals surface area (Å²) in [5.74, 6) is -0.462. The number of carbonyl (C=O) groups excluding carboxylic acids is 1. The number of allylic oxidation sites excluding steroid dienone is 5. The molecule has 0 aromatic rings. The zero-order chi connectivity index (χ0) is 36.3. The van der Waals surface area contributed by atoms with Gasteiger partial charge in [0.1, 0.15) is 0 Å². The highest BCUT2D eigenvalue weighted by Gasteiger charge is 2.27. The predicted molar refractivity (Wildman–Crippen MR) is 204 cm³/mol. The third-order valence-electron chi connectivity index (χ3n) is 8.50. The van der Waals surface area contributed by atoms with Gasteiger partial charge >= 0.3 is 7.82 Å². The molecule has 6 N–H and O–H groups in total. The average Bonchev–Trinajstić information content (AvgIpc) is 3.07. The first-order valence-corrected chi connectivity index (χ1v) is 21.2. The van der Waals surface area contributed by atoms with Crippen molar-refractivity contribution in [3.63, 3.8) is 0 Å². The van der Waals surface area contributed by atoms with Crippen LogP contribution in [0.3, 0.4) is 0 Å². The molecule has 288 valence electrons. The van der Waals surface area contributed by atoms with Crippen LogP contribution in [-0.4, -0.2) is 59.0 Å². The fraction of sp³-hybridized carbons (Fsp3) is 0.821. The number of carbonyl (C=O) groups is 1. The lowest BCUT2D eigenvalue weighted by Gasteiger charge is -2.24. The highest BCUT2D eigenvalue weighted by Crippen LogP contribution is 2.43. The minimum atomic E-state index is -4.40. The van der Waals surface area contributed by atoms with Crippen LogP contribution in [0.1, 0.15) is 168 Å². The van der Waals surface area contributed by atoms with E-state index in [1.807, 2.05) is 6.08 Å². The topological polar surface area (TPSA) is 151 Å². The maximum absolute atomic E-state index is 12.7. The number of aliphatic hydroxyl groups is 2. The van der Waals surface area contributed by atoms with Crippen LogP contribution in [0.15, 0.2) is 36.5 Å². The van der Waals surface area contributed by atoms with E-state index in [0.29, 0.717) is 12.8 Å². The summed E-state index contributed by atoms with van der Waals surface area (Å²) in [6, 6.07) is -1.00. The summed E-state index contributed by atoms with van der Waals surface area (Å²) in [6.07, 6.45) is 36.6. The molecular weight excluding hydrogens is 639 g/mol. The molecule has 0 heterocycles. The van der Waals surface area contributed by atoms with Gasteiger partial charge < -0.3 is 26.2 Å². The van der Waals surface area contributed by atoms with E-state index in [1.54, 1.807) is 6.08 Å². The van der Waals surface area contributed by atoms with Crippen LogP contribution >= 0.6 is 7.82 Å². The molecular formula is C39H75N2O7P. The van der Waals surface area contributed by atoms with Crippen LogP contribution < -0.4 is 11.1 Å². The van der Waals surface area contributed by atoms with Gasteiger partial charge in [0, 0.05) is 6.54 Å². The van der Waals surface area contributed by atoms with Crippen molar-refractivity contribution in [2.45, 2.75) is 186 Å². The Balaban J connectivity index is 4.50. The molecule has 0 aliphatic carbocycles. The fourth-order valence-electron chi connectivity index (χ4n) is 5.50. The highest BCUT2D eigenvalue weighted by molar-refractivity contribution is 7.47. The molecule has 4 unspecified atom stereocenters. The van der Waals surface area contributed by atoms with Crippen LogP contribution in [-0.2, 0) is 18.4 Å². The maximum Gasteiger partial charge on any atom is 0.472 e. The van der Waals surface area contributed by atoms with Crippen molar-refractivity contribution in [1.29, 1.82) is 0 Å². The molecule has 0 aromatic heterocycles. The Morgan fingerprint density at radius 3 is 1.69 bits per heavy atom. The molecule has 0 bridgehead atoms. The number of amides is 1. The number of nitrogens with two attached hydrogens (primary N) is 1. The number of nitrogens with one attached hydrogen (secondary N) is 1. The summed E-state index contributed by atoms with van der Waals surface area (Å²) in [7, 11) is -4.40. The van der Waals surface area contributed by atoms with Gasteiger partial charge in [-0.3, -0.25) is 13.8 Å². The van der Waals surface area contributed by atoms with Crippen molar-refractivity contribution in [2.75, 3.05) is 19.8 Å². The molecule has 9 nitrogen and oxygen atoms in total. The third-order valence-corrected chi connectivity index (χ3v) is 9.49. The van der Waals surface area contributed by atoms with Crippen molar-refractivity contribution >= 4 is 13.7 Å². The van der Waals surface area contributed by atoms with E-state index in [-0.39, 0.29) is 19.6 Å². The molecule has 49 heavy (non-hydrogen) atoms. The number of phosphoric ester groups is 1. The quantitative estimate of drug-likeness (QED) is 0.0245. The van der Waals surface area contributed by atoms with Gasteiger partial charge in [-0.05, 0) is 44.9 Å². The molecule has 4 atom stereocenters. The second kappa shape index (κ2) is 35.1. The third kappa shape index (κ3) is 33.6. The molecule has 0 fully saturated rings. The number of aliphatic hydroxyl groups excluding tert-OH is 2. The van der Waals surface area contributed by atoms with E-state index in [4.69, 9.17) is 14.8 Å². The number of hydrogen-bond donors (Lipinski definition) is 5. The molecule has 0 rings (SSSR count). The molecule has 0 aromatic carbocycles. The second-order valence-electron chi connectivity index (χ2n) is 13.3. The monoisotopic (exact) mass is 715 g/mol. The lowest BCUT2D eigenvalue weighted by Crippen LogP contribution is -2.46. The van der Waals surface area contributed by atoms with Crippen molar-refractivity contribution in [3.8, 4) is 0 Å². The minimum Gasteiger partial charge on any atom is -0.393 e. The SMILES string of the molecule is CCCCCCCCC/C=C/CC/C=C/CC/C=C/C(O)C(COP(=O)(O)OCCN)NC(=O)CC(O)CCCCCCCCCCCC. The van der Waals surface area contributed by atoms with Gasteiger partial charge in [0.25, 0.3) is 0 Å². The van der Waals surface area contributed by atoms with Gasteiger partial charge in [-0.15, -0.1) is 0 Å². The van der Waals surface area contributed by atoms with Gasteiger partial charge in [0.05, 0.1) is 37.9 Å². The second-order valence-corrected chi connectivity index (χ2v) is 14.8. The van der Waals surface area contributed by atoms with E-state index in [1.165, 1.54) is 89.9 Å². The van der Waals surface area contributed by atoms with E-state index >= 15 is 0 Å². The molecule has 0 aliphatic heterocycles. The van der Waals surface area contributed by atoms with Crippen LogP contribution in [0.2, 0.25) is 0 Å². The van der Waals surface area contributed by atoms with Gasteiger partial charge in [-0.25, -0.2) is 4.57 Å². The smallest absolute Gasteiger partial charge is 0.393 e. The van der Waals surface area contributed by atoms with E-state index in [0.717, 1.165) is 44.9 Å². The first kappa shape index (κ1) is 47.7. The van der Waals surface area contributed by atoms with Gasteiger partial charge in [-0.2, -0.15) is 0 Å². The number of unbranched alkanes of at least 4 members (excludes halogenated alkanes) is 18. The highest BCUT2D eigenvalue weighted by atomic mass is 31.2. The fourth-order valence-corrected chi connectivity index (χ4v) is 6.26. The number of phosphoric acid groups is 1. The predicted octanol–water partition coefficient (Wildman–Crippen LogP) is 9.36. The molecule has 0 aliphatic rings. The molecule has 0 spiro atoms. The van der Waals surface area contributed by atoms with Gasteiger partial charge in [0.15, 0.2) is 0 Å². The maximum atomic E-state index is 12.7. The average molecular weight is 715 g/mol. The summed E-state index contributed by atoms with van der Waals surface area (Å²) in [5, 5.41) is 23.9. The lowest BCUT2D eigenvalue weighted by atomic mass is 10.0. The Labute approximate surface area is 300 Å². The standard InChI is InChI=1S/C39H75N2O7P/c1-3-5-7-9-11-13-15-16-17-18-19-20-21-23-25-27-29-31-38(43)37(35-48-49(45,46)47-33-32-40)41-39(44)34-36(42)30-28-26-24-22-14-12-10-8-6-4-2/h17-18,21,23,29,31,36-38,42-43H,3-16,19-20,22,24-28,30,32-35,40H2,1-2H3,(H,41,44)(H,45,46)/b18-17+,23-21+,31-29+. The Bertz CT molecular complexity index is 883. The first-order valence-electron chi connectivity index (χ1n) is 19.7. The Hall–Kier alpha value is -1.32. The number of rotatable bonds is 36. The van der Waals surface area contributed by atoms with Crippen molar-refractivity contribution in [3.05, 3.63) is 36.5 Å². The zero-order valence-corrected chi connectivity index (χ0v) is 32.2. The van der Waals surface area contributed by atoms with Crippen LogP contribution in [0.5, 0.6) is 0 Å². The molecule has 0 saturated carbocycles. The molecule has 0 radical (unpaired) electrons. The Morgan fingerprint density at radius 1 is 0.694 bits per heavy atom. The van der Waals surface area contributed by atoms with E-state index in [9.17, 15) is 24.5 Å². The lowest BCUT2D eigenvalue weighted by molar-refractivity contribution is -0.124. The van der Waals surface area contributed by atoms with Gasteiger partial charge in [0.2, 0.25) is 5.91 Å². The normalized spacial score (nSPS) is 15.3. The van der Waals surface area contributed by atoms with Crippen LogP contribution in [0, 0.1) is 0 Å². The largest absolute Gasteiger partial charge is 0.472 e. The number of hydrogen-bond acceptors (Lipinski definition) is 7. The summed E-state index contributed by atoms with van der Waals surface area (Å²) < 4.78 is 22.0. The summed E-state index contributed by atoms with van der Waals surface area (Å²) in [6.45, 7) is 3.90. The van der Waals surface area contributed by atoms with Gasteiger partial charge in [-0.1, -0.05) is 153 Å². The first-order chi connectivity index (χ1) is 23.8. The summed E-state index contributed by atoms with van der Waals surface area (Å²) in [4.78, 5) is 22.6. The van der Waals surface area contributed by atoms with E-state index in [2.05, 4.69) is 43.5 Å². The molecule has 1 amide bonds. The zero-order valence-electron chi connectivity index (χ0n) is 31.3. The van der Waals surface area contributed by atoms with Crippen molar-refractivity contribution in [2.24, 2.45) is 5.73 Å². The van der Waals surface area contributed by atoms with Crippen molar-refractivity contribution in [1.82, 2.24) is 5.32 Å². The summed E-state index contributed by atoms with van der Waals surface area (Å²) >= 11 is 0. The van der Waals surface area contributed by atoms with Crippen molar-refractivity contribution < 1.29 is 33.5 Å². The minimum absolute atomic E-state index is 0.0425. The molecule has 10 heteroatoms. The Morgan fingerprint density at radius 2 is 1.16 bits per heavy atom.